The van der Waals surface area contributed by atoms with Crippen molar-refractivity contribution in [1.29, 1.82) is 0 Å². The fraction of sp³-hybridized carbons (Fsp3) is 0.312. The maximum absolute atomic E-state index is 13.6. The van der Waals surface area contributed by atoms with Gasteiger partial charge < -0.3 is 10.1 Å². The van der Waals surface area contributed by atoms with Gasteiger partial charge in [-0.05, 0) is 36.7 Å². The minimum atomic E-state index is -0.397. The number of nitrogens with zero attached hydrogens (tertiary/aromatic N) is 1. The molecule has 1 aromatic carbocycles. The summed E-state index contributed by atoms with van der Waals surface area (Å²) in [6, 6.07) is 6.83. The third kappa shape index (κ3) is 3.93. The highest BCUT2D eigenvalue weighted by Gasteiger charge is 2.16. The van der Waals surface area contributed by atoms with E-state index < -0.39 is 5.82 Å². The first-order valence-corrected chi connectivity index (χ1v) is 7.18. The molecule has 2 aromatic rings. The molecule has 3 nitrogen and oxygen atoms in total. The van der Waals surface area contributed by atoms with Gasteiger partial charge in [-0.25, -0.2) is 4.39 Å². The number of ether oxygens (including phenoxy) is 1. The van der Waals surface area contributed by atoms with E-state index in [1.165, 1.54) is 6.07 Å². The molecule has 1 heterocycles. The molecule has 1 atom stereocenters. The molecule has 0 bridgehead atoms. The van der Waals surface area contributed by atoms with Crippen molar-refractivity contribution in [2.24, 2.45) is 0 Å². The normalized spacial score (nSPS) is 12.2. The van der Waals surface area contributed by atoms with Crippen LogP contribution in [0.4, 0.5) is 4.39 Å². The monoisotopic (exact) mass is 308 g/mol. The molecule has 112 valence electrons. The molecule has 0 amide bonds. The van der Waals surface area contributed by atoms with Gasteiger partial charge in [-0.15, -0.1) is 0 Å². The molecule has 0 aliphatic rings. The Bertz CT molecular complexity index is 607. The van der Waals surface area contributed by atoms with Crippen molar-refractivity contribution in [3.63, 3.8) is 0 Å². The van der Waals surface area contributed by atoms with E-state index in [-0.39, 0.29) is 11.1 Å². The maximum atomic E-state index is 13.6. The first-order chi connectivity index (χ1) is 10.2. The summed E-state index contributed by atoms with van der Waals surface area (Å²) in [5.74, 6) is 0.323. The Kier molecular flexibility index (Phi) is 5.53. The maximum Gasteiger partial charge on any atom is 0.142 e. The summed E-state index contributed by atoms with van der Waals surface area (Å²) >= 11 is 5.72. The first-order valence-electron chi connectivity index (χ1n) is 6.81. The Morgan fingerprint density at radius 2 is 2.19 bits per heavy atom. The molecule has 0 radical (unpaired) electrons. The summed E-state index contributed by atoms with van der Waals surface area (Å²) < 4.78 is 18.9. The molecule has 0 spiro atoms. The van der Waals surface area contributed by atoms with Crippen LogP contribution in [0.25, 0.3) is 0 Å². The highest BCUT2D eigenvalue weighted by molar-refractivity contribution is 6.30. The van der Waals surface area contributed by atoms with Crippen molar-refractivity contribution < 1.29 is 9.13 Å². The van der Waals surface area contributed by atoms with Crippen LogP contribution in [0.5, 0.6) is 5.75 Å². The van der Waals surface area contributed by atoms with Crippen LogP contribution in [-0.2, 0) is 6.42 Å². The number of aromatic nitrogens is 1. The quantitative estimate of drug-likeness (QED) is 0.882. The van der Waals surface area contributed by atoms with Crippen LogP contribution < -0.4 is 10.1 Å². The van der Waals surface area contributed by atoms with E-state index in [9.17, 15) is 4.39 Å². The fourth-order valence-electron chi connectivity index (χ4n) is 2.29. The van der Waals surface area contributed by atoms with Gasteiger partial charge in [0.05, 0.1) is 18.3 Å². The summed E-state index contributed by atoms with van der Waals surface area (Å²) in [5.41, 5.74) is 1.88. The number of rotatable bonds is 6. The van der Waals surface area contributed by atoms with Gasteiger partial charge in [0.1, 0.15) is 11.6 Å². The number of hydrogen-bond donors (Lipinski definition) is 1. The van der Waals surface area contributed by atoms with E-state index in [2.05, 4.69) is 10.3 Å². The van der Waals surface area contributed by atoms with Gasteiger partial charge in [-0.3, -0.25) is 4.98 Å². The lowest BCUT2D eigenvalue weighted by Crippen LogP contribution is -2.23. The van der Waals surface area contributed by atoms with Gasteiger partial charge in [0, 0.05) is 17.8 Å². The number of pyridine rings is 1. The van der Waals surface area contributed by atoms with Crippen LogP contribution in [0.1, 0.15) is 24.1 Å². The van der Waals surface area contributed by atoms with Crippen LogP contribution in [0.15, 0.2) is 36.7 Å². The molecule has 0 saturated heterocycles. The van der Waals surface area contributed by atoms with Crippen LogP contribution >= 0.6 is 11.6 Å². The van der Waals surface area contributed by atoms with Crippen LogP contribution in [0, 0.1) is 5.82 Å². The largest absolute Gasteiger partial charge is 0.495 e. The molecule has 0 saturated carbocycles. The summed E-state index contributed by atoms with van der Waals surface area (Å²) in [7, 11) is 1.62. The third-order valence-corrected chi connectivity index (χ3v) is 3.59. The lowest BCUT2D eigenvalue weighted by molar-refractivity contribution is 0.397. The second-order valence-corrected chi connectivity index (χ2v) is 5.09. The zero-order valence-corrected chi connectivity index (χ0v) is 12.8. The topological polar surface area (TPSA) is 34.2 Å². The highest BCUT2D eigenvalue weighted by Crippen LogP contribution is 2.27. The van der Waals surface area contributed by atoms with Gasteiger partial charge in [-0.1, -0.05) is 24.6 Å². The number of halogens is 2. The van der Waals surface area contributed by atoms with E-state index in [4.69, 9.17) is 16.3 Å². The third-order valence-electron chi connectivity index (χ3n) is 3.29. The van der Waals surface area contributed by atoms with Crippen LogP contribution in [-0.4, -0.2) is 18.6 Å². The number of likely N-dealkylation sites (N-methyl/N-ethyl adjacent to an activating group) is 1. The summed E-state index contributed by atoms with van der Waals surface area (Å²) in [6.45, 7) is 2.83. The highest BCUT2D eigenvalue weighted by atomic mass is 35.5. The molecule has 0 fully saturated rings. The van der Waals surface area contributed by atoms with E-state index >= 15 is 0 Å². The van der Waals surface area contributed by atoms with Crippen LogP contribution in [0.2, 0.25) is 5.02 Å². The Morgan fingerprint density at radius 1 is 1.38 bits per heavy atom. The standard InChI is InChI=1S/C16H18ClFN2O/c1-3-20-15(12-6-7-19-10-16(12)21-2)9-11-4-5-13(17)14(18)8-11/h4-8,10,15,20H,3,9H2,1-2H3. The number of hydrogen-bond acceptors (Lipinski definition) is 3. The first kappa shape index (κ1) is 15.7. The molecule has 0 aliphatic heterocycles. The molecule has 2 rings (SSSR count). The average molecular weight is 309 g/mol. The van der Waals surface area contributed by atoms with Crippen molar-refractivity contribution in [3.05, 3.63) is 58.6 Å². The van der Waals surface area contributed by atoms with Gasteiger partial charge in [0.25, 0.3) is 0 Å². The zero-order chi connectivity index (χ0) is 15.2. The van der Waals surface area contributed by atoms with Crippen molar-refractivity contribution in [2.75, 3.05) is 13.7 Å². The predicted octanol–water partition coefficient (Wildman–Crippen LogP) is 3.78. The van der Waals surface area contributed by atoms with E-state index in [0.717, 1.165) is 23.4 Å². The fourth-order valence-corrected chi connectivity index (χ4v) is 2.41. The summed E-state index contributed by atoms with van der Waals surface area (Å²) in [4.78, 5) is 4.06. The Hall–Kier alpha value is -1.65. The van der Waals surface area contributed by atoms with Crippen molar-refractivity contribution in [1.82, 2.24) is 10.3 Å². The van der Waals surface area contributed by atoms with E-state index in [1.807, 2.05) is 19.1 Å². The van der Waals surface area contributed by atoms with Gasteiger partial charge in [0.2, 0.25) is 0 Å². The molecule has 21 heavy (non-hydrogen) atoms. The molecule has 5 heteroatoms. The number of nitrogens with one attached hydrogen (secondary N) is 1. The van der Waals surface area contributed by atoms with Crippen molar-refractivity contribution in [3.8, 4) is 5.75 Å². The van der Waals surface area contributed by atoms with Gasteiger partial charge in [-0.2, -0.15) is 0 Å². The lowest BCUT2D eigenvalue weighted by atomic mass is 9.99. The molecule has 1 N–H and O–H groups in total. The summed E-state index contributed by atoms with van der Waals surface area (Å²) in [5, 5.41) is 3.53. The van der Waals surface area contributed by atoms with Crippen molar-refractivity contribution >= 4 is 11.6 Å². The van der Waals surface area contributed by atoms with Gasteiger partial charge >= 0.3 is 0 Å². The van der Waals surface area contributed by atoms with Crippen molar-refractivity contribution in [2.45, 2.75) is 19.4 Å². The molecule has 1 unspecified atom stereocenters. The second kappa shape index (κ2) is 7.38. The second-order valence-electron chi connectivity index (χ2n) is 4.68. The molecule has 1 aromatic heterocycles. The number of methoxy groups -OCH3 is 1. The predicted molar refractivity (Wildman–Crippen MR) is 82.3 cm³/mol. The average Bonchev–Trinajstić information content (AvgIpc) is 2.50. The zero-order valence-electron chi connectivity index (χ0n) is 12.1. The lowest BCUT2D eigenvalue weighted by Gasteiger charge is -2.20. The van der Waals surface area contributed by atoms with Gasteiger partial charge in [0.15, 0.2) is 0 Å². The van der Waals surface area contributed by atoms with E-state index in [1.54, 1.807) is 25.6 Å². The smallest absolute Gasteiger partial charge is 0.142 e. The Labute approximate surface area is 129 Å². The van der Waals surface area contributed by atoms with E-state index in [0.29, 0.717) is 6.42 Å². The SMILES string of the molecule is CCNC(Cc1ccc(Cl)c(F)c1)c1ccncc1OC. The Morgan fingerprint density at radius 3 is 2.86 bits per heavy atom. The Balaban J connectivity index is 2.28. The molecule has 0 aliphatic carbocycles. The molecular weight excluding hydrogens is 291 g/mol. The van der Waals surface area contributed by atoms with Crippen LogP contribution in [0.3, 0.4) is 0 Å². The molecular formula is C16H18ClFN2O. The minimum Gasteiger partial charge on any atom is -0.495 e. The summed E-state index contributed by atoms with van der Waals surface area (Å²) in [6.07, 6.45) is 4.05. The number of benzene rings is 1. The minimum absolute atomic E-state index is 0.0218.